The lowest BCUT2D eigenvalue weighted by molar-refractivity contribution is 0.666. The normalized spacial score (nSPS) is 13.1. The Morgan fingerprint density at radius 2 is 1.05 bits per heavy atom. The third-order valence-corrected chi connectivity index (χ3v) is 11.9. The predicted molar refractivity (Wildman–Crippen MR) is 250 cm³/mol. The molecule has 13 aromatic rings. The number of aromatic nitrogens is 3. The molecule has 13 rings (SSSR count). The Morgan fingerprint density at radius 3 is 1.90 bits per heavy atom. The van der Waals surface area contributed by atoms with E-state index in [4.69, 9.17) is 25.7 Å². The van der Waals surface area contributed by atoms with E-state index >= 15 is 0 Å². The number of benzene rings is 9. The van der Waals surface area contributed by atoms with Gasteiger partial charge in [-0.3, -0.25) is 4.57 Å². The summed E-state index contributed by atoms with van der Waals surface area (Å²) in [5.41, 5.74) is 11.3. The number of nitrogens with zero attached hydrogens (tertiary/aromatic N) is 3. The van der Waals surface area contributed by atoms with E-state index < -0.39 is 6.04 Å². The Bertz CT molecular complexity index is 4170. The fourth-order valence-electron chi connectivity index (χ4n) is 9.21. The van der Waals surface area contributed by atoms with Crippen LogP contribution in [0.15, 0.2) is 209 Å². The van der Waals surface area contributed by atoms with Crippen molar-refractivity contribution in [3.8, 4) is 50.6 Å². The summed E-state index contributed by atoms with van der Waals surface area (Å²) in [5, 5.41) is 6.76. The number of para-hydroxylation sites is 4. The van der Waals surface area contributed by atoms with Gasteiger partial charge in [0.15, 0.2) is 5.58 Å². The zero-order valence-corrected chi connectivity index (χ0v) is 32.3. The van der Waals surface area contributed by atoms with E-state index in [0.29, 0.717) is 33.9 Å². The van der Waals surface area contributed by atoms with Crippen LogP contribution in [0.2, 0.25) is 0 Å². The first-order chi connectivity index (χ1) is 32.3. The molecular formula is C56H33N3O2. The Balaban J connectivity index is 1.05. The Morgan fingerprint density at radius 1 is 0.426 bits per heavy atom. The maximum atomic E-state index is 8.88. The first kappa shape index (κ1) is 29.0. The highest BCUT2D eigenvalue weighted by molar-refractivity contribution is 6.14. The Labute approximate surface area is 356 Å². The van der Waals surface area contributed by atoms with Gasteiger partial charge in [0.1, 0.15) is 28.0 Å². The third kappa shape index (κ3) is 5.14. The topological polar surface area (TPSA) is 57.0 Å². The van der Waals surface area contributed by atoms with Crippen LogP contribution < -0.4 is 0 Å². The second-order valence-corrected chi connectivity index (χ2v) is 15.3. The molecule has 0 unspecified atom stereocenters. The van der Waals surface area contributed by atoms with Gasteiger partial charge in [0.05, 0.1) is 17.9 Å². The van der Waals surface area contributed by atoms with Crippen molar-refractivity contribution in [1.82, 2.24) is 14.5 Å². The summed E-state index contributed by atoms with van der Waals surface area (Å²) < 4.78 is 58.2. The Kier molecular flexibility index (Phi) is 6.24. The van der Waals surface area contributed by atoms with Crippen molar-refractivity contribution in [2.24, 2.45) is 0 Å². The molecule has 61 heavy (non-hydrogen) atoms. The van der Waals surface area contributed by atoms with Gasteiger partial charge in [0.2, 0.25) is 5.95 Å². The molecule has 0 bridgehead atoms. The second kappa shape index (κ2) is 13.1. The average molecular weight is 785 g/mol. The van der Waals surface area contributed by atoms with Crippen molar-refractivity contribution < 1.29 is 15.7 Å². The first-order valence-corrected chi connectivity index (χ1v) is 20.2. The molecule has 0 saturated heterocycles. The van der Waals surface area contributed by atoms with Gasteiger partial charge in [0, 0.05) is 38.1 Å². The van der Waals surface area contributed by atoms with Crippen molar-refractivity contribution in [3.63, 3.8) is 0 Å². The van der Waals surface area contributed by atoms with Crippen LogP contribution in [-0.2, 0) is 0 Å². The van der Waals surface area contributed by atoms with E-state index in [1.54, 1.807) is 0 Å². The van der Waals surface area contributed by atoms with Crippen LogP contribution in [-0.4, -0.2) is 14.5 Å². The minimum absolute atomic E-state index is 0.156. The Hall–Kier alpha value is -8.28. The van der Waals surface area contributed by atoms with E-state index in [-0.39, 0.29) is 29.7 Å². The summed E-state index contributed by atoms with van der Waals surface area (Å²) in [6, 6.07) is 55.2. The van der Waals surface area contributed by atoms with E-state index in [1.807, 2.05) is 103 Å². The summed E-state index contributed by atoms with van der Waals surface area (Å²) in [5.74, 6) is 0.480. The van der Waals surface area contributed by atoms with Crippen molar-refractivity contribution in [2.45, 2.75) is 0 Å². The van der Waals surface area contributed by atoms with E-state index in [0.717, 1.165) is 87.7 Å². The second-order valence-electron chi connectivity index (χ2n) is 15.3. The molecule has 5 heteroatoms. The molecule has 4 aromatic heterocycles. The van der Waals surface area contributed by atoms with Crippen LogP contribution in [0.3, 0.4) is 0 Å². The van der Waals surface area contributed by atoms with Gasteiger partial charge in [-0.15, -0.1) is 0 Å². The van der Waals surface area contributed by atoms with Gasteiger partial charge in [-0.2, -0.15) is 0 Å². The van der Waals surface area contributed by atoms with Crippen molar-refractivity contribution in [3.05, 3.63) is 200 Å². The van der Waals surface area contributed by atoms with E-state index in [9.17, 15) is 0 Å². The fourth-order valence-corrected chi connectivity index (χ4v) is 9.21. The lowest BCUT2D eigenvalue weighted by atomic mass is 9.91. The highest BCUT2D eigenvalue weighted by Crippen LogP contribution is 2.42. The van der Waals surface area contributed by atoms with Crippen LogP contribution in [0.25, 0.3) is 127 Å². The molecule has 0 aliphatic rings. The van der Waals surface area contributed by atoms with Crippen LogP contribution in [0.5, 0.6) is 0 Å². The maximum absolute atomic E-state index is 8.88. The molecule has 0 fully saturated rings. The summed E-state index contributed by atoms with van der Waals surface area (Å²) in [7, 11) is 0. The quantitative estimate of drug-likeness (QED) is 0.174. The standard InChI is InChI=1S/C56H33N3O2/c1-2-14-34(15-3-1)39-23-11-16-35-17-12-24-40(51(35)39)36-18-10-19-38(32-36)52-55-53(46-22-6-9-29-50(46)61-55)58-56(57-52)59-47-27-7-4-20-42(47)43-31-30-37(33-48(43)59)41-25-13-26-45-44-21-5-8-28-49(44)60-54(41)45/h1-33H/i1D,2D,3D,14D,15D. The van der Waals surface area contributed by atoms with Crippen LogP contribution in [0.4, 0.5) is 0 Å². The highest BCUT2D eigenvalue weighted by atomic mass is 16.3. The van der Waals surface area contributed by atoms with Crippen LogP contribution >= 0.6 is 0 Å². The molecule has 9 aromatic carbocycles. The maximum Gasteiger partial charge on any atom is 0.236 e. The molecule has 0 spiro atoms. The first-order valence-electron chi connectivity index (χ1n) is 22.7. The molecule has 0 N–H and O–H groups in total. The molecule has 0 aliphatic carbocycles. The zero-order valence-electron chi connectivity index (χ0n) is 37.3. The third-order valence-electron chi connectivity index (χ3n) is 11.9. The number of hydrogen-bond acceptors (Lipinski definition) is 4. The lowest BCUT2D eigenvalue weighted by Gasteiger charge is -2.14. The smallest absolute Gasteiger partial charge is 0.236 e. The molecule has 0 amide bonds. The summed E-state index contributed by atoms with van der Waals surface area (Å²) in [6.07, 6.45) is 0. The number of fused-ring (bicyclic) bond motifs is 10. The van der Waals surface area contributed by atoms with Crippen LogP contribution in [0, 0.1) is 0 Å². The number of furan rings is 2. The largest absolute Gasteiger partial charge is 0.455 e. The van der Waals surface area contributed by atoms with Gasteiger partial charge >= 0.3 is 0 Å². The van der Waals surface area contributed by atoms with Crippen molar-refractivity contribution in [2.75, 3.05) is 0 Å². The average Bonchev–Trinajstić information content (AvgIpc) is 4.04. The predicted octanol–water partition coefficient (Wildman–Crippen LogP) is 15.2. The molecule has 0 aliphatic heterocycles. The van der Waals surface area contributed by atoms with Gasteiger partial charge in [0.25, 0.3) is 0 Å². The summed E-state index contributed by atoms with van der Waals surface area (Å²) in [6.45, 7) is 0. The highest BCUT2D eigenvalue weighted by Gasteiger charge is 2.23. The molecular weight excluding hydrogens is 747 g/mol. The van der Waals surface area contributed by atoms with Crippen molar-refractivity contribution in [1.29, 1.82) is 0 Å². The fraction of sp³-hybridized carbons (Fsp3) is 0. The minimum atomic E-state index is -0.426. The minimum Gasteiger partial charge on any atom is -0.455 e. The van der Waals surface area contributed by atoms with Gasteiger partial charge in [-0.1, -0.05) is 164 Å². The van der Waals surface area contributed by atoms with Gasteiger partial charge in [-0.05, 0) is 75.0 Å². The molecule has 0 saturated carbocycles. The number of hydrogen-bond donors (Lipinski definition) is 0. The molecule has 0 radical (unpaired) electrons. The molecule has 5 nitrogen and oxygen atoms in total. The zero-order chi connectivity index (χ0) is 44.4. The molecule has 284 valence electrons. The molecule has 4 heterocycles. The summed E-state index contributed by atoms with van der Waals surface area (Å²) in [4.78, 5) is 10.8. The SMILES string of the molecule is [2H]c1c([2H])c([2H])c(-c2cccc3cccc(-c4cccc(-c5nc(-n6c7ccccc7c7ccc(-c8cccc9c8oc8ccccc89)cc76)nc6c5oc5ccccc56)c4)c23)c([2H])c1[2H]. The van der Waals surface area contributed by atoms with Gasteiger partial charge < -0.3 is 8.83 Å². The van der Waals surface area contributed by atoms with Crippen LogP contribution in [0.1, 0.15) is 6.85 Å². The van der Waals surface area contributed by atoms with Gasteiger partial charge in [-0.25, -0.2) is 9.97 Å². The number of rotatable bonds is 5. The van der Waals surface area contributed by atoms with E-state index in [1.165, 1.54) is 0 Å². The lowest BCUT2D eigenvalue weighted by Crippen LogP contribution is -2.03. The van der Waals surface area contributed by atoms with Crippen molar-refractivity contribution >= 4 is 76.6 Å². The molecule has 0 atom stereocenters. The summed E-state index contributed by atoms with van der Waals surface area (Å²) >= 11 is 0. The monoisotopic (exact) mass is 784 g/mol. The van der Waals surface area contributed by atoms with E-state index in [2.05, 4.69) is 71.3 Å².